The van der Waals surface area contributed by atoms with Crippen molar-refractivity contribution in [1.29, 1.82) is 0 Å². The Balaban J connectivity index is 2.22. The topological polar surface area (TPSA) is 58.8 Å². The van der Waals surface area contributed by atoms with Crippen molar-refractivity contribution in [2.75, 3.05) is 44.4 Å². The molecule has 1 aromatic rings. The first-order chi connectivity index (χ1) is 10.0. The fourth-order valence-electron chi connectivity index (χ4n) is 2.75. The third-order valence-corrected chi connectivity index (χ3v) is 4.01. The summed E-state index contributed by atoms with van der Waals surface area (Å²) in [5, 5.41) is 0. The molecule has 0 aromatic heterocycles. The lowest BCUT2D eigenvalue weighted by molar-refractivity contribution is 0.0526. The number of piperidine rings is 1. The van der Waals surface area contributed by atoms with E-state index in [1.807, 2.05) is 13.0 Å². The number of benzene rings is 1. The van der Waals surface area contributed by atoms with Crippen LogP contribution in [0.1, 0.15) is 30.1 Å². The zero-order valence-corrected chi connectivity index (χ0v) is 13.1. The lowest BCUT2D eigenvalue weighted by atomic mass is 10.0. The van der Waals surface area contributed by atoms with Gasteiger partial charge in [-0.05, 0) is 52.1 Å². The van der Waals surface area contributed by atoms with Gasteiger partial charge >= 0.3 is 5.97 Å². The van der Waals surface area contributed by atoms with Crippen LogP contribution in [0.4, 0.5) is 11.4 Å². The van der Waals surface area contributed by atoms with Crippen LogP contribution >= 0.6 is 0 Å². The first-order valence-electron chi connectivity index (χ1n) is 7.51. The third kappa shape index (κ3) is 3.67. The van der Waals surface area contributed by atoms with Crippen LogP contribution in [0.3, 0.4) is 0 Å². The van der Waals surface area contributed by atoms with E-state index in [4.69, 9.17) is 10.5 Å². The molecule has 116 valence electrons. The lowest BCUT2D eigenvalue weighted by Crippen LogP contribution is -2.45. The first kappa shape index (κ1) is 15.6. The van der Waals surface area contributed by atoms with Crippen molar-refractivity contribution in [2.24, 2.45) is 0 Å². The molecule has 2 N–H and O–H groups in total. The van der Waals surface area contributed by atoms with Crippen molar-refractivity contribution in [3.05, 3.63) is 23.8 Å². The maximum Gasteiger partial charge on any atom is 0.338 e. The molecule has 1 fully saturated rings. The number of nitrogen functional groups attached to an aromatic ring is 1. The van der Waals surface area contributed by atoms with Gasteiger partial charge in [-0.1, -0.05) is 0 Å². The van der Waals surface area contributed by atoms with Gasteiger partial charge in [0.2, 0.25) is 0 Å². The van der Waals surface area contributed by atoms with Crippen molar-refractivity contribution < 1.29 is 9.53 Å². The number of ether oxygens (including phenoxy) is 1. The monoisotopic (exact) mass is 291 g/mol. The molecule has 2 rings (SSSR count). The smallest absolute Gasteiger partial charge is 0.338 e. The number of likely N-dealkylation sites (N-methyl/N-ethyl adjacent to an activating group) is 1. The molecule has 1 atom stereocenters. The normalized spacial score (nSPS) is 18.9. The van der Waals surface area contributed by atoms with Crippen LogP contribution in [-0.2, 0) is 4.74 Å². The first-order valence-corrected chi connectivity index (χ1v) is 7.51. The summed E-state index contributed by atoms with van der Waals surface area (Å²) in [6, 6.07) is 5.89. The maximum absolute atomic E-state index is 11.9. The molecule has 5 nitrogen and oxygen atoms in total. The molecule has 0 saturated carbocycles. The molecule has 5 heteroatoms. The minimum absolute atomic E-state index is 0.292. The molecule has 0 spiro atoms. The number of carbonyl (C=O) groups is 1. The van der Waals surface area contributed by atoms with E-state index >= 15 is 0 Å². The van der Waals surface area contributed by atoms with Gasteiger partial charge in [-0.15, -0.1) is 0 Å². The second-order valence-electron chi connectivity index (χ2n) is 5.70. The molecule has 1 aliphatic rings. The Morgan fingerprint density at radius 1 is 1.48 bits per heavy atom. The Morgan fingerprint density at radius 2 is 2.24 bits per heavy atom. The van der Waals surface area contributed by atoms with E-state index in [2.05, 4.69) is 23.9 Å². The minimum Gasteiger partial charge on any atom is -0.462 e. The predicted molar refractivity (Wildman–Crippen MR) is 85.7 cm³/mol. The Morgan fingerprint density at radius 3 is 2.90 bits per heavy atom. The van der Waals surface area contributed by atoms with E-state index in [-0.39, 0.29) is 5.97 Å². The summed E-state index contributed by atoms with van der Waals surface area (Å²) in [6.07, 6.45) is 2.33. The predicted octanol–water partition coefficient (Wildman–Crippen LogP) is 1.98. The molecule has 1 aliphatic heterocycles. The van der Waals surface area contributed by atoms with Crippen LogP contribution in [0.25, 0.3) is 0 Å². The number of esters is 1. The molecular weight excluding hydrogens is 266 g/mol. The van der Waals surface area contributed by atoms with Crippen LogP contribution in [-0.4, -0.2) is 50.7 Å². The van der Waals surface area contributed by atoms with Gasteiger partial charge in [0.25, 0.3) is 0 Å². The fraction of sp³-hybridized carbons (Fsp3) is 0.562. The molecule has 21 heavy (non-hydrogen) atoms. The van der Waals surface area contributed by atoms with Crippen molar-refractivity contribution in [3.8, 4) is 0 Å². The van der Waals surface area contributed by atoms with E-state index in [0.29, 0.717) is 23.9 Å². The number of rotatable bonds is 4. The minimum atomic E-state index is -0.292. The highest BCUT2D eigenvalue weighted by molar-refractivity contribution is 5.92. The summed E-state index contributed by atoms with van der Waals surface area (Å²) in [5.41, 5.74) is 8.32. The summed E-state index contributed by atoms with van der Waals surface area (Å²) in [5.74, 6) is -0.292. The zero-order chi connectivity index (χ0) is 15.4. The highest BCUT2D eigenvalue weighted by atomic mass is 16.5. The van der Waals surface area contributed by atoms with Gasteiger partial charge < -0.3 is 20.3 Å². The number of nitrogens with two attached hydrogens (primary N) is 1. The zero-order valence-electron chi connectivity index (χ0n) is 13.1. The van der Waals surface area contributed by atoms with Gasteiger partial charge in [0, 0.05) is 19.1 Å². The molecular formula is C16H25N3O2. The number of anilines is 2. The van der Waals surface area contributed by atoms with E-state index < -0.39 is 0 Å². The van der Waals surface area contributed by atoms with Gasteiger partial charge in [0.05, 0.1) is 23.5 Å². The van der Waals surface area contributed by atoms with Crippen LogP contribution in [0, 0.1) is 0 Å². The van der Waals surface area contributed by atoms with E-state index in [1.54, 1.807) is 12.1 Å². The highest BCUT2D eigenvalue weighted by Gasteiger charge is 2.23. The SMILES string of the molecule is CCOC(=O)c1ccc(N)c(N2CCCC(N(C)C)C2)c1. The standard InChI is InChI=1S/C16H25N3O2/c1-4-21-16(20)12-7-8-14(17)15(10-12)19-9-5-6-13(11-19)18(2)3/h7-8,10,13H,4-6,9,11,17H2,1-3H3. The van der Waals surface area contributed by atoms with Crippen molar-refractivity contribution in [1.82, 2.24) is 4.90 Å². The van der Waals surface area contributed by atoms with Gasteiger partial charge in [-0.3, -0.25) is 0 Å². The van der Waals surface area contributed by atoms with Crippen molar-refractivity contribution in [3.63, 3.8) is 0 Å². The van der Waals surface area contributed by atoms with Gasteiger partial charge in [-0.25, -0.2) is 4.79 Å². The third-order valence-electron chi connectivity index (χ3n) is 4.01. The van der Waals surface area contributed by atoms with Crippen molar-refractivity contribution >= 4 is 17.3 Å². The van der Waals surface area contributed by atoms with Crippen LogP contribution in [0.2, 0.25) is 0 Å². The van der Waals surface area contributed by atoms with Crippen LogP contribution < -0.4 is 10.6 Å². The molecule has 1 heterocycles. The lowest BCUT2D eigenvalue weighted by Gasteiger charge is -2.38. The molecule has 1 aromatic carbocycles. The average molecular weight is 291 g/mol. The second kappa shape index (κ2) is 6.80. The Bertz CT molecular complexity index is 502. The van der Waals surface area contributed by atoms with Crippen LogP contribution in [0.15, 0.2) is 18.2 Å². The van der Waals surface area contributed by atoms with E-state index in [1.165, 1.54) is 6.42 Å². The van der Waals surface area contributed by atoms with Crippen LogP contribution in [0.5, 0.6) is 0 Å². The highest BCUT2D eigenvalue weighted by Crippen LogP contribution is 2.28. The van der Waals surface area contributed by atoms with Crippen molar-refractivity contribution in [2.45, 2.75) is 25.8 Å². The van der Waals surface area contributed by atoms with Gasteiger partial charge in [0.15, 0.2) is 0 Å². The number of carbonyl (C=O) groups excluding carboxylic acids is 1. The van der Waals surface area contributed by atoms with E-state index in [0.717, 1.165) is 25.2 Å². The van der Waals surface area contributed by atoms with E-state index in [9.17, 15) is 4.79 Å². The molecule has 0 aliphatic carbocycles. The molecule has 0 radical (unpaired) electrons. The average Bonchev–Trinajstić information content (AvgIpc) is 2.48. The molecule has 0 bridgehead atoms. The molecule has 1 saturated heterocycles. The largest absolute Gasteiger partial charge is 0.462 e. The number of hydrogen-bond acceptors (Lipinski definition) is 5. The summed E-state index contributed by atoms with van der Waals surface area (Å²) < 4.78 is 5.06. The summed E-state index contributed by atoms with van der Waals surface area (Å²) >= 11 is 0. The summed E-state index contributed by atoms with van der Waals surface area (Å²) in [7, 11) is 4.21. The maximum atomic E-state index is 11.9. The number of hydrogen-bond donors (Lipinski definition) is 1. The molecule has 1 unspecified atom stereocenters. The van der Waals surface area contributed by atoms with Gasteiger partial charge in [0.1, 0.15) is 0 Å². The quantitative estimate of drug-likeness (QED) is 0.679. The Labute approximate surface area is 126 Å². The summed E-state index contributed by atoms with van der Waals surface area (Å²) in [6.45, 7) is 4.09. The number of nitrogens with zero attached hydrogens (tertiary/aromatic N) is 2. The molecule has 0 amide bonds. The Kier molecular flexibility index (Phi) is 5.07. The summed E-state index contributed by atoms with van der Waals surface area (Å²) in [4.78, 5) is 16.4. The Hall–Kier alpha value is -1.75. The van der Waals surface area contributed by atoms with Gasteiger partial charge in [-0.2, -0.15) is 0 Å². The fourth-order valence-corrected chi connectivity index (χ4v) is 2.75. The second-order valence-corrected chi connectivity index (χ2v) is 5.70.